The first-order chi connectivity index (χ1) is 5.33. The molecule has 0 bridgehead atoms. The van der Waals surface area contributed by atoms with Crippen LogP contribution in [-0.4, -0.2) is 23.8 Å². The average molecular weight is 155 g/mol. The van der Waals surface area contributed by atoms with Crippen molar-refractivity contribution in [3.8, 4) is 0 Å². The van der Waals surface area contributed by atoms with Gasteiger partial charge in [-0.05, 0) is 19.8 Å². The summed E-state index contributed by atoms with van der Waals surface area (Å²) in [6.07, 6.45) is 4.60. The Morgan fingerprint density at radius 3 is 3.00 bits per heavy atom. The minimum absolute atomic E-state index is 0.474. The van der Waals surface area contributed by atoms with Crippen LogP contribution in [-0.2, 0) is 4.84 Å². The van der Waals surface area contributed by atoms with E-state index in [-0.39, 0.29) is 0 Å². The lowest BCUT2D eigenvalue weighted by Gasteiger charge is -2.18. The van der Waals surface area contributed by atoms with E-state index in [0.29, 0.717) is 6.10 Å². The van der Waals surface area contributed by atoms with Gasteiger partial charge in [0.15, 0.2) is 0 Å². The van der Waals surface area contributed by atoms with Crippen LogP contribution in [0, 0.1) is 5.92 Å². The molecule has 1 aliphatic heterocycles. The average Bonchev–Trinajstić information content (AvgIpc) is 2.54. The highest BCUT2D eigenvalue weighted by Gasteiger charge is 2.42. The van der Waals surface area contributed by atoms with Gasteiger partial charge in [-0.25, -0.2) is 0 Å². The fourth-order valence-corrected chi connectivity index (χ4v) is 2.55. The summed E-state index contributed by atoms with van der Waals surface area (Å²) in [7, 11) is 0. The molecule has 0 spiro atoms. The molecule has 1 saturated carbocycles. The van der Waals surface area contributed by atoms with E-state index in [9.17, 15) is 0 Å². The number of hydroxylamine groups is 2. The van der Waals surface area contributed by atoms with Gasteiger partial charge in [0.2, 0.25) is 0 Å². The van der Waals surface area contributed by atoms with Crippen molar-refractivity contribution in [3.63, 3.8) is 0 Å². The van der Waals surface area contributed by atoms with Crippen molar-refractivity contribution in [1.82, 2.24) is 5.06 Å². The predicted molar refractivity (Wildman–Crippen MR) is 44.1 cm³/mol. The zero-order valence-corrected chi connectivity index (χ0v) is 7.42. The molecule has 2 heteroatoms. The van der Waals surface area contributed by atoms with E-state index in [1.165, 1.54) is 19.3 Å². The molecule has 0 aromatic heterocycles. The van der Waals surface area contributed by atoms with Gasteiger partial charge >= 0.3 is 0 Å². The topological polar surface area (TPSA) is 12.5 Å². The van der Waals surface area contributed by atoms with E-state index in [1.807, 2.05) is 0 Å². The third kappa shape index (κ3) is 1.09. The zero-order chi connectivity index (χ0) is 7.84. The Morgan fingerprint density at radius 1 is 1.45 bits per heavy atom. The number of fused-ring (bicyclic) bond motifs is 1. The highest BCUT2D eigenvalue weighted by atomic mass is 16.7. The Morgan fingerprint density at radius 2 is 2.27 bits per heavy atom. The Bertz CT molecular complexity index is 148. The standard InChI is InChI=1S/C9H17NO/c1-3-10-9-6-4-5-8(9)7(2)11-10/h7-9H,3-6H2,1-2H3. The summed E-state index contributed by atoms with van der Waals surface area (Å²) in [5, 5.41) is 2.18. The van der Waals surface area contributed by atoms with E-state index in [4.69, 9.17) is 4.84 Å². The van der Waals surface area contributed by atoms with E-state index in [1.54, 1.807) is 0 Å². The molecule has 1 heterocycles. The van der Waals surface area contributed by atoms with Crippen molar-refractivity contribution < 1.29 is 4.84 Å². The second-order valence-electron chi connectivity index (χ2n) is 3.71. The van der Waals surface area contributed by atoms with Crippen LogP contribution in [0.15, 0.2) is 0 Å². The molecule has 2 rings (SSSR count). The SMILES string of the molecule is CCN1OC(C)C2CCCC21. The summed E-state index contributed by atoms with van der Waals surface area (Å²) < 4.78 is 0. The molecule has 64 valence electrons. The summed E-state index contributed by atoms with van der Waals surface area (Å²) in [6.45, 7) is 5.43. The largest absolute Gasteiger partial charge is 0.295 e. The van der Waals surface area contributed by atoms with Crippen LogP contribution in [0.5, 0.6) is 0 Å². The second-order valence-corrected chi connectivity index (χ2v) is 3.71. The zero-order valence-electron chi connectivity index (χ0n) is 7.42. The number of nitrogens with zero attached hydrogens (tertiary/aromatic N) is 1. The molecule has 11 heavy (non-hydrogen) atoms. The lowest BCUT2D eigenvalue weighted by atomic mass is 9.99. The molecule has 1 aliphatic carbocycles. The molecular formula is C9H17NO. The van der Waals surface area contributed by atoms with Crippen molar-refractivity contribution >= 4 is 0 Å². The molecule has 3 atom stereocenters. The minimum Gasteiger partial charge on any atom is -0.295 e. The van der Waals surface area contributed by atoms with Crippen LogP contribution in [0.4, 0.5) is 0 Å². The number of hydrogen-bond acceptors (Lipinski definition) is 2. The smallest absolute Gasteiger partial charge is 0.0809 e. The van der Waals surface area contributed by atoms with Gasteiger partial charge in [-0.3, -0.25) is 4.84 Å². The van der Waals surface area contributed by atoms with Crippen LogP contribution in [0.2, 0.25) is 0 Å². The van der Waals surface area contributed by atoms with Gasteiger partial charge in [0.05, 0.1) is 6.10 Å². The van der Waals surface area contributed by atoms with Crippen molar-refractivity contribution in [3.05, 3.63) is 0 Å². The summed E-state index contributed by atoms with van der Waals surface area (Å²) >= 11 is 0. The first kappa shape index (κ1) is 7.56. The predicted octanol–water partition coefficient (Wildman–Crippen LogP) is 1.81. The maximum absolute atomic E-state index is 5.71. The van der Waals surface area contributed by atoms with Gasteiger partial charge in [-0.1, -0.05) is 13.3 Å². The van der Waals surface area contributed by atoms with Gasteiger partial charge < -0.3 is 0 Å². The number of rotatable bonds is 1. The van der Waals surface area contributed by atoms with Crippen molar-refractivity contribution in [2.24, 2.45) is 5.92 Å². The summed E-state index contributed by atoms with van der Waals surface area (Å²) in [5.41, 5.74) is 0. The third-order valence-corrected chi connectivity index (χ3v) is 3.12. The van der Waals surface area contributed by atoms with Crippen LogP contribution in [0.3, 0.4) is 0 Å². The fraction of sp³-hybridized carbons (Fsp3) is 1.00. The van der Waals surface area contributed by atoms with Gasteiger partial charge in [-0.15, -0.1) is 0 Å². The lowest BCUT2D eigenvalue weighted by Crippen LogP contribution is -2.28. The number of hydrogen-bond donors (Lipinski definition) is 0. The van der Waals surface area contributed by atoms with Gasteiger partial charge in [0.1, 0.15) is 0 Å². The van der Waals surface area contributed by atoms with Crippen LogP contribution < -0.4 is 0 Å². The molecule has 2 fully saturated rings. The van der Waals surface area contributed by atoms with E-state index < -0.39 is 0 Å². The van der Waals surface area contributed by atoms with E-state index in [2.05, 4.69) is 18.9 Å². The highest BCUT2D eigenvalue weighted by Crippen LogP contribution is 2.39. The second kappa shape index (κ2) is 2.76. The molecule has 0 aromatic carbocycles. The van der Waals surface area contributed by atoms with Crippen molar-refractivity contribution in [2.45, 2.75) is 45.3 Å². The third-order valence-electron chi connectivity index (χ3n) is 3.12. The van der Waals surface area contributed by atoms with Crippen LogP contribution in [0.1, 0.15) is 33.1 Å². The Balaban J connectivity index is 2.07. The first-order valence-corrected chi connectivity index (χ1v) is 4.76. The molecule has 2 nitrogen and oxygen atoms in total. The normalized spacial score (nSPS) is 44.7. The molecule has 3 unspecified atom stereocenters. The lowest BCUT2D eigenvalue weighted by molar-refractivity contribution is -0.156. The Labute approximate surface area is 68.5 Å². The van der Waals surface area contributed by atoms with Gasteiger partial charge in [0, 0.05) is 18.5 Å². The summed E-state index contributed by atoms with van der Waals surface area (Å²) in [6, 6.07) is 0.745. The highest BCUT2D eigenvalue weighted by molar-refractivity contribution is 4.89. The molecule has 0 aromatic rings. The van der Waals surface area contributed by atoms with E-state index in [0.717, 1.165) is 18.5 Å². The maximum atomic E-state index is 5.71. The fourth-order valence-electron chi connectivity index (χ4n) is 2.55. The van der Waals surface area contributed by atoms with E-state index >= 15 is 0 Å². The van der Waals surface area contributed by atoms with Crippen molar-refractivity contribution in [1.29, 1.82) is 0 Å². The first-order valence-electron chi connectivity index (χ1n) is 4.76. The Hall–Kier alpha value is -0.0800. The molecule has 0 radical (unpaired) electrons. The minimum atomic E-state index is 0.474. The molecule has 0 amide bonds. The summed E-state index contributed by atoms with van der Waals surface area (Å²) in [4.78, 5) is 5.71. The van der Waals surface area contributed by atoms with Crippen LogP contribution >= 0.6 is 0 Å². The quantitative estimate of drug-likeness (QED) is 0.572. The molecular weight excluding hydrogens is 138 g/mol. The molecule has 2 aliphatic rings. The molecule has 0 N–H and O–H groups in total. The van der Waals surface area contributed by atoms with Gasteiger partial charge in [-0.2, -0.15) is 5.06 Å². The Kier molecular flexibility index (Phi) is 1.90. The van der Waals surface area contributed by atoms with Gasteiger partial charge in [0.25, 0.3) is 0 Å². The molecule has 1 saturated heterocycles. The maximum Gasteiger partial charge on any atom is 0.0809 e. The summed E-state index contributed by atoms with van der Waals surface area (Å²) in [5.74, 6) is 0.829. The van der Waals surface area contributed by atoms with Crippen molar-refractivity contribution in [2.75, 3.05) is 6.54 Å². The van der Waals surface area contributed by atoms with Crippen LogP contribution in [0.25, 0.3) is 0 Å². The monoisotopic (exact) mass is 155 g/mol.